The van der Waals surface area contributed by atoms with E-state index in [0.29, 0.717) is 12.1 Å². The fourth-order valence-corrected chi connectivity index (χ4v) is 1.49. The van der Waals surface area contributed by atoms with Gasteiger partial charge < -0.3 is 16.4 Å². The van der Waals surface area contributed by atoms with E-state index < -0.39 is 0 Å². The summed E-state index contributed by atoms with van der Waals surface area (Å²) in [6, 6.07) is 3.40. The maximum absolute atomic E-state index is 12.0. The van der Waals surface area contributed by atoms with Crippen molar-refractivity contribution in [1.82, 2.24) is 15.6 Å². The lowest BCUT2D eigenvalue weighted by atomic mass is 10.2. The van der Waals surface area contributed by atoms with Gasteiger partial charge in [-0.25, -0.2) is 4.98 Å². The zero-order valence-corrected chi connectivity index (χ0v) is 11.4. The van der Waals surface area contributed by atoms with Gasteiger partial charge in [-0.05, 0) is 19.1 Å². The molecular weight excluding hydrogens is 256 g/mol. The van der Waals surface area contributed by atoms with Crippen LogP contribution < -0.4 is 16.4 Å². The molecule has 2 amide bonds. The minimum atomic E-state index is -0.351. The highest BCUT2D eigenvalue weighted by Gasteiger charge is 2.11. The van der Waals surface area contributed by atoms with Crippen LogP contribution in [0.25, 0.3) is 0 Å². The molecule has 0 unspecified atom stereocenters. The first-order chi connectivity index (χ1) is 9.69. The molecule has 1 aromatic heterocycles. The number of nitrogens with two attached hydrogens (primary N) is 1. The number of hydrogen-bond donors (Lipinski definition) is 3. The van der Waals surface area contributed by atoms with E-state index in [1.165, 1.54) is 6.20 Å². The standard InChI is InChI=1S/C14H18N4O2/c1-2-16-12(19)7-10-18-14(20)13-11(5-3-8-15)6-4-9-17-13/h4,6,9H,2,7-8,10,15H2,1H3,(H,16,19)(H,18,20). The van der Waals surface area contributed by atoms with Crippen molar-refractivity contribution in [1.29, 1.82) is 0 Å². The minimum Gasteiger partial charge on any atom is -0.356 e. The van der Waals surface area contributed by atoms with Crippen LogP contribution in [0.15, 0.2) is 18.3 Å². The third-order valence-corrected chi connectivity index (χ3v) is 2.36. The Bertz CT molecular complexity index is 531. The van der Waals surface area contributed by atoms with Crippen molar-refractivity contribution in [3.05, 3.63) is 29.6 Å². The van der Waals surface area contributed by atoms with E-state index in [1.807, 2.05) is 6.92 Å². The fraction of sp³-hybridized carbons (Fsp3) is 0.357. The number of hydrogen-bond acceptors (Lipinski definition) is 4. The van der Waals surface area contributed by atoms with Gasteiger partial charge in [-0.15, -0.1) is 0 Å². The molecular formula is C14H18N4O2. The van der Waals surface area contributed by atoms with Gasteiger partial charge in [-0.3, -0.25) is 9.59 Å². The van der Waals surface area contributed by atoms with Crippen LogP contribution in [0.4, 0.5) is 0 Å². The largest absolute Gasteiger partial charge is 0.356 e. The maximum atomic E-state index is 12.0. The molecule has 106 valence electrons. The zero-order valence-electron chi connectivity index (χ0n) is 11.4. The van der Waals surface area contributed by atoms with Crippen LogP contribution in [0.1, 0.15) is 29.4 Å². The first kappa shape index (κ1) is 15.7. The molecule has 6 nitrogen and oxygen atoms in total. The SMILES string of the molecule is CCNC(=O)CCNC(=O)c1ncccc1C#CCN. The van der Waals surface area contributed by atoms with Gasteiger partial charge in [0.15, 0.2) is 0 Å². The molecule has 0 atom stereocenters. The summed E-state index contributed by atoms with van der Waals surface area (Å²) in [5.74, 6) is 5.03. The number of pyridine rings is 1. The van der Waals surface area contributed by atoms with Gasteiger partial charge in [0.05, 0.1) is 12.1 Å². The monoisotopic (exact) mass is 274 g/mol. The van der Waals surface area contributed by atoms with E-state index in [-0.39, 0.29) is 37.0 Å². The second-order valence-corrected chi connectivity index (χ2v) is 3.86. The quantitative estimate of drug-likeness (QED) is 0.639. The Hall–Kier alpha value is -2.39. The van der Waals surface area contributed by atoms with E-state index in [4.69, 9.17) is 5.73 Å². The predicted octanol–water partition coefficient (Wildman–Crippen LogP) is -0.352. The summed E-state index contributed by atoms with van der Waals surface area (Å²) in [6.45, 7) is 2.89. The molecule has 0 aromatic carbocycles. The average Bonchev–Trinajstić information content (AvgIpc) is 2.45. The summed E-state index contributed by atoms with van der Waals surface area (Å²) in [6.07, 6.45) is 1.75. The van der Waals surface area contributed by atoms with Crippen LogP contribution in [0, 0.1) is 11.8 Å². The summed E-state index contributed by atoms with van der Waals surface area (Å²) < 4.78 is 0. The van der Waals surface area contributed by atoms with Crippen LogP contribution in [0.2, 0.25) is 0 Å². The normalized spacial score (nSPS) is 9.30. The fourth-order valence-electron chi connectivity index (χ4n) is 1.49. The summed E-state index contributed by atoms with van der Waals surface area (Å²) in [5, 5.41) is 5.30. The van der Waals surface area contributed by atoms with Gasteiger partial charge in [0.25, 0.3) is 5.91 Å². The van der Waals surface area contributed by atoms with Gasteiger partial charge >= 0.3 is 0 Å². The average molecular weight is 274 g/mol. The van der Waals surface area contributed by atoms with Crippen molar-refractivity contribution >= 4 is 11.8 Å². The van der Waals surface area contributed by atoms with Crippen molar-refractivity contribution in [3.63, 3.8) is 0 Å². The van der Waals surface area contributed by atoms with Crippen molar-refractivity contribution in [2.75, 3.05) is 19.6 Å². The van der Waals surface area contributed by atoms with Gasteiger partial charge in [0, 0.05) is 25.7 Å². The molecule has 6 heteroatoms. The van der Waals surface area contributed by atoms with E-state index in [2.05, 4.69) is 27.5 Å². The number of rotatable bonds is 5. The van der Waals surface area contributed by atoms with Crippen LogP contribution in [-0.2, 0) is 4.79 Å². The predicted molar refractivity (Wildman–Crippen MR) is 75.8 cm³/mol. The maximum Gasteiger partial charge on any atom is 0.271 e. The first-order valence-electron chi connectivity index (χ1n) is 6.37. The van der Waals surface area contributed by atoms with Gasteiger partial charge in [-0.2, -0.15) is 0 Å². The number of carbonyl (C=O) groups is 2. The molecule has 4 N–H and O–H groups in total. The third kappa shape index (κ3) is 5.08. The molecule has 0 spiro atoms. The Morgan fingerprint density at radius 2 is 2.20 bits per heavy atom. The highest BCUT2D eigenvalue weighted by atomic mass is 16.2. The molecule has 0 aliphatic rings. The Morgan fingerprint density at radius 1 is 1.40 bits per heavy atom. The van der Waals surface area contributed by atoms with Gasteiger partial charge in [0.1, 0.15) is 5.69 Å². The van der Waals surface area contributed by atoms with Crippen LogP contribution in [0.3, 0.4) is 0 Å². The second kappa shape index (κ2) is 8.67. The van der Waals surface area contributed by atoms with Crippen molar-refractivity contribution in [2.24, 2.45) is 5.73 Å². The summed E-state index contributed by atoms with van der Waals surface area (Å²) >= 11 is 0. The van der Waals surface area contributed by atoms with Gasteiger partial charge in [-0.1, -0.05) is 11.8 Å². The molecule has 1 rings (SSSR count). The molecule has 0 saturated carbocycles. The van der Waals surface area contributed by atoms with E-state index >= 15 is 0 Å². The number of amides is 2. The molecule has 0 aliphatic heterocycles. The summed E-state index contributed by atoms with van der Waals surface area (Å²) in [7, 11) is 0. The topological polar surface area (TPSA) is 97.1 Å². The van der Waals surface area contributed by atoms with Crippen molar-refractivity contribution < 1.29 is 9.59 Å². The Labute approximate surface area is 118 Å². The zero-order chi connectivity index (χ0) is 14.8. The molecule has 1 aromatic rings. The summed E-state index contributed by atoms with van der Waals surface area (Å²) in [4.78, 5) is 27.2. The number of carbonyl (C=O) groups excluding carboxylic acids is 2. The lowest BCUT2D eigenvalue weighted by molar-refractivity contribution is -0.120. The molecule has 20 heavy (non-hydrogen) atoms. The van der Waals surface area contributed by atoms with Crippen molar-refractivity contribution in [3.8, 4) is 11.8 Å². The van der Waals surface area contributed by atoms with Crippen LogP contribution >= 0.6 is 0 Å². The molecule has 0 bridgehead atoms. The minimum absolute atomic E-state index is 0.100. The van der Waals surface area contributed by atoms with E-state index in [9.17, 15) is 9.59 Å². The second-order valence-electron chi connectivity index (χ2n) is 3.86. The molecule has 0 saturated heterocycles. The smallest absolute Gasteiger partial charge is 0.271 e. The Kier molecular flexibility index (Phi) is 6.79. The molecule has 0 radical (unpaired) electrons. The Morgan fingerprint density at radius 3 is 2.90 bits per heavy atom. The lowest BCUT2D eigenvalue weighted by Crippen LogP contribution is -2.31. The van der Waals surface area contributed by atoms with E-state index in [0.717, 1.165) is 0 Å². The summed E-state index contributed by atoms with van der Waals surface area (Å²) in [5.41, 5.74) is 6.07. The van der Waals surface area contributed by atoms with E-state index in [1.54, 1.807) is 12.1 Å². The number of aromatic nitrogens is 1. The van der Waals surface area contributed by atoms with Crippen molar-refractivity contribution in [2.45, 2.75) is 13.3 Å². The van der Waals surface area contributed by atoms with Crippen LogP contribution in [0.5, 0.6) is 0 Å². The Balaban J connectivity index is 2.61. The highest BCUT2D eigenvalue weighted by Crippen LogP contribution is 2.03. The lowest BCUT2D eigenvalue weighted by Gasteiger charge is -2.06. The van der Waals surface area contributed by atoms with Crippen LogP contribution in [-0.4, -0.2) is 36.4 Å². The third-order valence-electron chi connectivity index (χ3n) is 2.36. The first-order valence-corrected chi connectivity index (χ1v) is 6.37. The number of nitrogens with one attached hydrogen (secondary N) is 2. The molecule has 1 heterocycles. The number of nitrogens with zero attached hydrogens (tertiary/aromatic N) is 1. The molecule has 0 aliphatic carbocycles. The van der Waals surface area contributed by atoms with Gasteiger partial charge in [0.2, 0.25) is 5.91 Å². The highest BCUT2D eigenvalue weighted by molar-refractivity contribution is 5.94. The molecule has 0 fully saturated rings.